The Balaban J connectivity index is 1.83. The molecule has 0 radical (unpaired) electrons. The Morgan fingerprint density at radius 2 is 2.04 bits per heavy atom. The Morgan fingerprint density at radius 3 is 2.79 bits per heavy atom. The lowest BCUT2D eigenvalue weighted by Crippen LogP contribution is -2.31. The number of hydrogen-bond donors (Lipinski definition) is 0. The molecular weight excluding hydrogens is 372 g/mol. The van der Waals surface area contributed by atoms with E-state index >= 15 is 0 Å². The number of esters is 1. The van der Waals surface area contributed by atoms with Crippen LogP contribution in [-0.2, 0) is 22.4 Å². The zero-order valence-corrected chi connectivity index (χ0v) is 17.1. The molecule has 1 aromatic carbocycles. The number of thiophene rings is 1. The average molecular weight is 397 g/mol. The van der Waals surface area contributed by atoms with Gasteiger partial charge in [-0.3, -0.25) is 9.36 Å². The molecule has 1 aliphatic carbocycles. The summed E-state index contributed by atoms with van der Waals surface area (Å²) in [7, 11) is 0. The minimum absolute atomic E-state index is 0.182. The van der Waals surface area contributed by atoms with Gasteiger partial charge >= 0.3 is 5.97 Å². The van der Waals surface area contributed by atoms with Gasteiger partial charge < -0.3 is 4.74 Å². The van der Waals surface area contributed by atoms with Crippen LogP contribution < -0.4 is 5.56 Å². The summed E-state index contributed by atoms with van der Waals surface area (Å²) in [5.74, 6) is -0.390. The lowest BCUT2D eigenvalue weighted by Gasteiger charge is -2.17. The van der Waals surface area contributed by atoms with Gasteiger partial charge in [0.25, 0.3) is 5.56 Å². The molecule has 2 aromatic heterocycles. The Kier molecular flexibility index (Phi) is 5.31. The maximum absolute atomic E-state index is 13.3. The van der Waals surface area contributed by atoms with Crippen LogP contribution in [0.1, 0.15) is 50.3 Å². The molecule has 28 heavy (non-hydrogen) atoms. The van der Waals surface area contributed by atoms with Gasteiger partial charge in [0.05, 0.1) is 18.3 Å². The first-order valence-electron chi connectivity index (χ1n) is 9.91. The first kappa shape index (κ1) is 18.9. The smallest absolute Gasteiger partial charge is 0.329 e. The maximum atomic E-state index is 13.3. The van der Waals surface area contributed by atoms with Crippen molar-refractivity contribution in [1.82, 2.24) is 9.55 Å². The van der Waals surface area contributed by atoms with Crippen molar-refractivity contribution >= 4 is 27.5 Å². The molecule has 6 heteroatoms. The summed E-state index contributed by atoms with van der Waals surface area (Å²) < 4.78 is 6.58. The van der Waals surface area contributed by atoms with Crippen molar-refractivity contribution in [2.24, 2.45) is 0 Å². The van der Waals surface area contributed by atoms with Gasteiger partial charge in [0.2, 0.25) is 0 Å². The number of fused-ring (bicyclic) bond motifs is 2. The maximum Gasteiger partial charge on any atom is 0.329 e. The molecule has 146 valence electrons. The summed E-state index contributed by atoms with van der Waals surface area (Å²) in [5.41, 5.74) is 4.56. The molecule has 3 aromatic rings. The Bertz CT molecular complexity index is 1080. The van der Waals surface area contributed by atoms with Crippen LogP contribution in [0.3, 0.4) is 0 Å². The van der Waals surface area contributed by atoms with Gasteiger partial charge in [-0.1, -0.05) is 25.1 Å². The fraction of sp³-hybridized carbons (Fsp3) is 0.409. The van der Waals surface area contributed by atoms with Crippen molar-refractivity contribution in [3.8, 4) is 11.1 Å². The largest absolute Gasteiger partial charge is 0.464 e. The second-order valence-corrected chi connectivity index (χ2v) is 8.01. The summed E-state index contributed by atoms with van der Waals surface area (Å²) in [6, 6.07) is 5.86. The number of aromatic nitrogens is 2. The highest BCUT2D eigenvalue weighted by Crippen LogP contribution is 2.33. The van der Waals surface area contributed by atoms with E-state index in [-0.39, 0.29) is 11.5 Å². The number of ether oxygens (including phenoxy) is 1. The molecule has 0 fully saturated rings. The number of carbonyl (C=O) groups is 1. The quantitative estimate of drug-likeness (QED) is 0.595. The van der Waals surface area contributed by atoms with Gasteiger partial charge in [-0.2, -0.15) is 0 Å². The third-order valence-electron chi connectivity index (χ3n) is 5.46. The van der Waals surface area contributed by atoms with E-state index in [1.807, 2.05) is 12.3 Å². The van der Waals surface area contributed by atoms with Gasteiger partial charge in [0.15, 0.2) is 0 Å². The lowest BCUT2D eigenvalue weighted by atomic mass is 9.89. The van der Waals surface area contributed by atoms with Crippen LogP contribution in [0.25, 0.3) is 21.3 Å². The van der Waals surface area contributed by atoms with Crippen LogP contribution >= 0.6 is 11.3 Å². The molecular formula is C22H24N2O3S. The molecule has 0 bridgehead atoms. The van der Waals surface area contributed by atoms with Crippen LogP contribution in [0.15, 0.2) is 34.7 Å². The summed E-state index contributed by atoms with van der Waals surface area (Å²) in [4.78, 5) is 30.8. The van der Waals surface area contributed by atoms with Crippen LogP contribution in [0.4, 0.5) is 0 Å². The summed E-state index contributed by atoms with van der Waals surface area (Å²) >= 11 is 1.47. The molecule has 0 amide bonds. The Labute approximate surface area is 168 Å². The SMILES string of the molecule is CCOC(=O)C(CC)n1cnc2scc(-c3ccc4c(c3)CCCC4)c2c1=O. The fourth-order valence-electron chi connectivity index (χ4n) is 4.00. The van der Waals surface area contributed by atoms with E-state index in [1.54, 1.807) is 6.92 Å². The van der Waals surface area contributed by atoms with Gasteiger partial charge in [0, 0.05) is 10.9 Å². The van der Waals surface area contributed by atoms with E-state index in [1.165, 1.54) is 46.2 Å². The first-order chi connectivity index (χ1) is 13.6. The van der Waals surface area contributed by atoms with Crippen molar-refractivity contribution in [2.75, 3.05) is 6.61 Å². The van der Waals surface area contributed by atoms with Gasteiger partial charge in [0.1, 0.15) is 10.9 Å². The minimum atomic E-state index is -0.652. The molecule has 0 saturated carbocycles. The van der Waals surface area contributed by atoms with Crippen molar-refractivity contribution in [3.05, 3.63) is 51.4 Å². The van der Waals surface area contributed by atoms with E-state index in [2.05, 4.69) is 23.2 Å². The number of carbonyl (C=O) groups excluding carboxylic acids is 1. The zero-order valence-electron chi connectivity index (χ0n) is 16.2. The molecule has 0 saturated heterocycles. The number of nitrogens with zero attached hydrogens (tertiary/aromatic N) is 2. The second kappa shape index (κ2) is 7.87. The summed E-state index contributed by atoms with van der Waals surface area (Å²) in [6.07, 6.45) is 6.63. The molecule has 2 heterocycles. The lowest BCUT2D eigenvalue weighted by molar-refractivity contribution is -0.147. The number of aryl methyl sites for hydroxylation is 2. The second-order valence-electron chi connectivity index (χ2n) is 7.15. The molecule has 0 aliphatic heterocycles. The normalized spacial score (nSPS) is 14.6. The Morgan fingerprint density at radius 1 is 1.25 bits per heavy atom. The van der Waals surface area contributed by atoms with Gasteiger partial charge in [-0.25, -0.2) is 9.78 Å². The summed E-state index contributed by atoms with van der Waals surface area (Å²) in [6.45, 7) is 3.93. The summed E-state index contributed by atoms with van der Waals surface area (Å²) in [5, 5.41) is 2.59. The molecule has 0 N–H and O–H groups in total. The third kappa shape index (κ3) is 3.26. The van der Waals surface area contributed by atoms with Crippen LogP contribution in [-0.4, -0.2) is 22.1 Å². The van der Waals surface area contributed by atoms with E-state index in [4.69, 9.17) is 4.74 Å². The highest BCUT2D eigenvalue weighted by atomic mass is 32.1. The number of hydrogen-bond acceptors (Lipinski definition) is 5. The zero-order chi connectivity index (χ0) is 19.7. The van der Waals surface area contributed by atoms with Crippen molar-refractivity contribution in [1.29, 1.82) is 0 Å². The van der Waals surface area contributed by atoms with Crippen LogP contribution in [0.2, 0.25) is 0 Å². The molecule has 5 nitrogen and oxygen atoms in total. The molecule has 1 aliphatic rings. The highest BCUT2D eigenvalue weighted by molar-refractivity contribution is 7.17. The minimum Gasteiger partial charge on any atom is -0.464 e. The third-order valence-corrected chi connectivity index (χ3v) is 6.35. The van der Waals surface area contributed by atoms with E-state index in [0.717, 1.165) is 24.0 Å². The van der Waals surface area contributed by atoms with E-state index in [9.17, 15) is 9.59 Å². The van der Waals surface area contributed by atoms with Crippen LogP contribution in [0.5, 0.6) is 0 Å². The van der Waals surface area contributed by atoms with Crippen molar-refractivity contribution in [3.63, 3.8) is 0 Å². The van der Waals surface area contributed by atoms with Gasteiger partial charge in [-0.15, -0.1) is 11.3 Å². The molecule has 1 atom stereocenters. The van der Waals surface area contributed by atoms with Crippen molar-refractivity contribution in [2.45, 2.75) is 52.0 Å². The fourth-order valence-corrected chi connectivity index (χ4v) is 4.90. The topological polar surface area (TPSA) is 61.2 Å². The highest BCUT2D eigenvalue weighted by Gasteiger charge is 2.24. The number of rotatable bonds is 5. The predicted molar refractivity (Wildman–Crippen MR) is 112 cm³/mol. The Hall–Kier alpha value is -2.47. The van der Waals surface area contributed by atoms with Gasteiger partial charge in [-0.05, 0) is 55.7 Å². The molecule has 1 unspecified atom stereocenters. The van der Waals surface area contributed by atoms with E-state index in [0.29, 0.717) is 23.2 Å². The average Bonchev–Trinajstić information content (AvgIpc) is 3.15. The van der Waals surface area contributed by atoms with Crippen LogP contribution in [0, 0.1) is 0 Å². The molecule has 4 rings (SSSR count). The predicted octanol–water partition coefficient (Wildman–Crippen LogP) is 4.52. The standard InChI is InChI=1S/C22H24N2O3S/c1-3-18(22(26)27-4-2)24-13-23-20-19(21(24)25)17(12-28-20)16-10-9-14-7-5-6-8-15(14)11-16/h9-13,18H,3-8H2,1-2H3. The first-order valence-corrected chi connectivity index (χ1v) is 10.8. The number of benzene rings is 1. The molecule has 0 spiro atoms. The van der Waals surface area contributed by atoms with E-state index < -0.39 is 6.04 Å². The monoisotopic (exact) mass is 396 g/mol. The van der Waals surface area contributed by atoms with Crippen molar-refractivity contribution < 1.29 is 9.53 Å².